The Morgan fingerprint density at radius 2 is 2.04 bits per heavy atom. The molecule has 1 amide bonds. The van der Waals surface area contributed by atoms with E-state index >= 15 is 0 Å². The zero-order valence-electron chi connectivity index (χ0n) is 14.6. The second-order valence-electron chi connectivity index (χ2n) is 7.24. The minimum atomic E-state index is -0.421. The van der Waals surface area contributed by atoms with Gasteiger partial charge in [0, 0.05) is 38.5 Å². The van der Waals surface area contributed by atoms with Crippen molar-refractivity contribution in [3.63, 3.8) is 0 Å². The number of para-hydroxylation sites is 1. The lowest BCUT2D eigenvalue weighted by molar-refractivity contribution is -0.139. The van der Waals surface area contributed by atoms with Crippen LogP contribution in [0.3, 0.4) is 0 Å². The molecule has 6 nitrogen and oxygen atoms in total. The molecule has 0 bridgehead atoms. The topological polar surface area (TPSA) is 64.8 Å². The van der Waals surface area contributed by atoms with Crippen LogP contribution >= 0.6 is 0 Å². The number of hydrogen-bond donors (Lipinski definition) is 0. The molecule has 0 aliphatic carbocycles. The number of rotatable bonds is 2. The molecule has 1 atom stereocenters. The number of hydrogen-bond acceptors (Lipinski definition) is 5. The van der Waals surface area contributed by atoms with Gasteiger partial charge in [-0.3, -0.25) is 4.79 Å². The number of ether oxygens (including phenoxy) is 2. The fraction of sp³-hybridized carbons (Fsp3) is 0.500. The number of fused-ring (bicyclic) bond motifs is 2. The van der Waals surface area contributed by atoms with Crippen molar-refractivity contribution in [1.82, 2.24) is 9.88 Å². The van der Waals surface area contributed by atoms with E-state index in [1.54, 1.807) is 0 Å². The Morgan fingerprint density at radius 1 is 1.19 bits per heavy atom. The highest BCUT2D eigenvalue weighted by Gasteiger charge is 2.35. The highest BCUT2D eigenvalue weighted by molar-refractivity contribution is 5.82. The maximum atomic E-state index is 12.9. The summed E-state index contributed by atoms with van der Waals surface area (Å²) in [5.41, 5.74) is 2.01. The van der Waals surface area contributed by atoms with Crippen molar-refractivity contribution in [2.75, 3.05) is 19.8 Å². The van der Waals surface area contributed by atoms with E-state index in [2.05, 4.69) is 0 Å². The predicted molar refractivity (Wildman–Crippen MR) is 93.0 cm³/mol. The standard InChI is InChI=1S/C20H22N2O4/c23-20(18-11-14-3-1-2-4-16(14)25-18)22-8-5-17-15(12-22)21-19(26-17)13-6-9-24-10-7-13/h1-4,13,18H,5-12H2. The van der Waals surface area contributed by atoms with E-state index in [9.17, 15) is 4.79 Å². The molecular formula is C20H22N2O4. The number of oxazole rings is 1. The molecule has 0 saturated carbocycles. The van der Waals surface area contributed by atoms with Gasteiger partial charge in [0.15, 0.2) is 12.0 Å². The average Bonchev–Trinajstić information content (AvgIpc) is 3.31. The maximum absolute atomic E-state index is 12.9. The molecule has 26 heavy (non-hydrogen) atoms. The second kappa shape index (κ2) is 6.43. The molecule has 1 unspecified atom stereocenters. The van der Waals surface area contributed by atoms with Gasteiger partial charge in [0.2, 0.25) is 0 Å². The Hall–Kier alpha value is -2.34. The summed E-state index contributed by atoms with van der Waals surface area (Å²) in [6, 6.07) is 7.87. The van der Waals surface area contributed by atoms with Gasteiger partial charge in [-0.05, 0) is 24.5 Å². The second-order valence-corrected chi connectivity index (χ2v) is 7.24. The van der Waals surface area contributed by atoms with Crippen LogP contribution in [0.2, 0.25) is 0 Å². The van der Waals surface area contributed by atoms with E-state index in [1.807, 2.05) is 29.2 Å². The lowest BCUT2D eigenvalue weighted by Crippen LogP contribution is -2.43. The number of benzene rings is 1. The largest absolute Gasteiger partial charge is 0.480 e. The number of carbonyl (C=O) groups is 1. The van der Waals surface area contributed by atoms with Gasteiger partial charge in [-0.2, -0.15) is 0 Å². The normalized spacial score (nSPS) is 22.6. The highest BCUT2D eigenvalue weighted by atomic mass is 16.5. The molecule has 4 heterocycles. The molecule has 3 aliphatic heterocycles. The lowest BCUT2D eigenvalue weighted by Gasteiger charge is -2.27. The Morgan fingerprint density at radius 3 is 2.88 bits per heavy atom. The van der Waals surface area contributed by atoms with Crippen LogP contribution in [0.25, 0.3) is 0 Å². The average molecular weight is 354 g/mol. The molecule has 6 heteroatoms. The fourth-order valence-corrected chi connectivity index (χ4v) is 4.05. The van der Waals surface area contributed by atoms with Gasteiger partial charge in [-0.25, -0.2) is 4.98 Å². The third-order valence-corrected chi connectivity index (χ3v) is 5.55. The Labute approximate surface area is 152 Å². The van der Waals surface area contributed by atoms with Gasteiger partial charge >= 0.3 is 0 Å². The van der Waals surface area contributed by atoms with Crippen molar-refractivity contribution in [3.05, 3.63) is 47.2 Å². The quantitative estimate of drug-likeness (QED) is 0.829. The van der Waals surface area contributed by atoms with Gasteiger partial charge in [-0.1, -0.05) is 18.2 Å². The summed E-state index contributed by atoms with van der Waals surface area (Å²) in [6.45, 7) is 2.70. The number of carbonyl (C=O) groups excluding carboxylic acids is 1. The number of nitrogens with zero attached hydrogens (tertiary/aromatic N) is 2. The van der Waals surface area contributed by atoms with Crippen LogP contribution in [0.15, 0.2) is 28.7 Å². The third kappa shape index (κ3) is 2.78. The van der Waals surface area contributed by atoms with E-state index in [0.29, 0.717) is 25.4 Å². The maximum Gasteiger partial charge on any atom is 0.264 e. The van der Waals surface area contributed by atoms with Crippen molar-refractivity contribution in [1.29, 1.82) is 0 Å². The molecule has 1 saturated heterocycles. The molecule has 136 valence electrons. The highest BCUT2D eigenvalue weighted by Crippen LogP contribution is 2.32. The molecule has 0 N–H and O–H groups in total. The molecule has 0 radical (unpaired) electrons. The van der Waals surface area contributed by atoms with Gasteiger partial charge in [0.25, 0.3) is 5.91 Å². The first-order chi connectivity index (χ1) is 12.8. The fourth-order valence-electron chi connectivity index (χ4n) is 4.05. The SMILES string of the molecule is O=C(C1Cc2ccccc2O1)N1CCc2oc(C3CCOCC3)nc2C1. The van der Waals surface area contributed by atoms with Crippen molar-refractivity contribution >= 4 is 5.91 Å². The lowest BCUT2D eigenvalue weighted by atomic mass is 10.0. The van der Waals surface area contributed by atoms with E-state index in [-0.39, 0.29) is 5.91 Å². The number of aromatic nitrogens is 1. The van der Waals surface area contributed by atoms with Crippen molar-refractivity contribution < 1.29 is 18.7 Å². The van der Waals surface area contributed by atoms with Gasteiger partial charge in [0.1, 0.15) is 17.2 Å². The van der Waals surface area contributed by atoms with Crippen LogP contribution in [0.4, 0.5) is 0 Å². The van der Waals surface area contributed by atoms with Crippen LogP contribution in [-0.4, -0.2) is 41.7 Å². The van der Waals surface area contributed by atoms with Gasteiger partial charge < -0.3 is 18.8 Å². The van der Waals surface area contributed by atoms with E-state index in [1.165, 1.54) is 0 Å². The number of amides is 1. The zero-order chi connectivity index (χ0) is 17.5. The molecular weight excluding hydrogens is 332 g/mol. The summed E-state index contributed by atoms with van der Waals surface area (Å²) >= 11 is 0. The van der Waals surface area contributed by atoms with E-state index in [4.69, 9.17) is 18.9 Å². The molecule has 2 aromatic rings. The minimum absolute atomic E-state index is 0.0440. The van der Waals surface area contributed by atoms with Crippen molar-refractivity contribution in [2.24, 2.45) is 0 Å². The summed E-state index contributed by atoms with van der Waals surface area (Å²) in [5, 5.41) is 0. The Bertz CT molecular complexity index is 800. The molecule has 1 aromatic carbocycles. The van der Waals surface area contributed by atoms with Gasteiger partial charge in [-0.15, -0.1) is 0 Å². The van der Waals surface area contributed by atoms with Crippen molar-refractivity contribution in [2.45, 2.75) is 44.2 Å². The smallest absolute Gasteiger partial charge is 0.264 e. The van der Waals surface area contributed by atoms with Crippen LogP contribution in [0.1, 0.15) is 41.7 Å². The van der Waals surface area contributed by atoms with Gasteiger partial charge in [0.05, 0.1) is 6.54 Å². The predicted octanol–water partition coefficient (Wildman–Crippen LogP) is 2.46. The molecule has 1 aromatic heterocycles. The minimum Gasteiger partial charge on any atom is -0.480 e. The van der Waals surface area contributed by atoms with E-state index in [0.717, 1.165) is 61.1 Å². The summed E-state index contributed by atoms with van der Waals surface area (Å²) in [7, 11) is 0. The summed E-state index contributed by atoms with van der Waals surface area (Å²) in [6.07, 6.45) is 2.85. The van der Waals surface area contributed by atoms with E-state index < -0.39 is 6.10 Å². The summed E-state index contributed by atoms with van der Waals surface area (Å²) in [5.74, 6) is 2.96. The Balaban J connectivity index is 1.28. The summed E-state index contributed by atoms with van der Waals surface area (Å²) < 4.78 is 17.3. The Kier molecular flexibility index (Phi) is 3.93. The third-order valence-electron chi connectivity index (χ3n) is 5.55. The molecule has 3 aliphatic rings. The molecule has 5 rings (SSSR count). The first-order valence-corrected chi connectivity index (χ1v) is 9.37. The van der Waals surface area contributed by atoms with Crippen LogP contribution in [0, 0.1) is 0 Å². The molecule has 1 fully saturated rings. The monoisotopic (exact) mass is 354 g/mol. The van der Waals surface area contributed by atoms with Crippen LogP contribution in [-0.2, 0) is 28.9 Å². The van der Waals surface area contributed by atoms with Crippen LogP contribution in [0.5, 0.6) is 5.75 Å². The summed E-state index contributed by atoms with van der Waals surface area (Å²) in [4.78, 5) is 19.5. The van der Waals surface area contributed by atoms with Crippen molar-refractivity contribution in [3.8, 4) is 5.75 Å². The zero-order valence-corrected chi connectivity index (χ0v) is 14.6. The molecule has 0 spiro atoms. The van der Waals surface area contributed by atoms with Crippen LogP contribution < -0.4 is 4.74 Å². The first-order valence-electron chi connectivity index (χ1n) is 9.37. The first kappa shape index (κ1) is 15.9.